The average molecular weight is 533 g/mol. The van der Waals surface area contributed by atoms with Gasteiger partial charge in [0.1, 0.15) is 0 Å². The van der Waals surface area contributed by atoms with Crippen molar-refractivity contribution in [2.75, 3.05) is 64.0 Å². The minimum absolute atomic E-state index is 0.115. The van der Waals surface area contributed by atoms with Gasteiger partial charge in [-0.2, -0.15) is 0 Å². The predicted octanol–water partition coefficient (Wildman–Crippen LogP) is 3.93. The fourth-order valence-corrected chi connectivity index (χ4v) is 6.74. The third kappa shape index (κ3) is 15.0. The van der Waals surface area contributed by atoms with Crippen LogP contribution in [-0.2, 0) is 23.9 Å². The Morgan fingerprint density at radius 3 is 1.86 bits per heavy atom. The highest BCUT2D eigenvalue weighted by molar-refractivity contribution is 8.76. The third-order valence-corrected chi connectivity index (χ3v) is 9.37. The molecule has 2 fully saturated rings. The molecule has 0 amide bonds. The largest absolute Gasteiger partial charge is 0.481 e. The molecular weight excluding hydrogens is 488 g/mol. The van der Waals surface area contributed by atoms with E-state index in [0.717, 1.165) is 57.9 Å². The van der Waals surface area contributed by atoms with Crippen LogP contribution >= 0.6 is 21.6 Å². The number of esters is 1. The lowest BCUT2D eigenvalue weighted by atomic mass is 9.94. The van der Waals surface area contributed by atoms with Crippen LogP contribution in [0.1, 0.15) is 64.2 Å². The van der Waals surface area contributed by atoms with Crippen LogP contribution in [0.15, 0.2) is 0 Å². The molecule has 8 nitrogen and oxygen atoms in total. The van der Waals surface area contributed by atoms with Gasteiger partial charge >= 0.3 is 11.9 Å². The zero-order chi connectivity index (χ0) is 25.1. The van der Waals surface area contributed by atoms with Gasteiger partial charge in [-0.3, -0.25) is 14.4 Å². The van der Waals surface area contributed by atoms with Crippen molar-refractivity contribution in [3.05, 3.63) is 0 Å². The fraction of sp³-hybridized carbons (Fsp3) is 0.880. The Balaban J connectivity index is 1.37. The lowest BCUT2D eigenvalue weighted by Crippen LogP contribution is -2.35. The Morgan fingerprint density at radius 2 is 1.34 bits per heavy atom. The van der Waals surface area contributed by atoms with Crippen molar-refractivity contribution in [1.82, 2.24) is 9.80 Å². The summed E-state index contributed by atoms with van der Waals surface area (Å²) >= 11 is 0. The second-order valence-corrected chi connectivity index (χ2v) is 12.3. The van der Waals surface area contributed by atoms with Gasteiger partial charge in [0.2, 0.25) is 0 Å². The Morgan fingerprint density at radius 1 is 0.829 bits per heavy atom. The smallest absolute Gasteiger partial charge is 0.305 e. The van der Waals surface area contributed by atoms with Crippen LogP contribution in [0.5, 0.6) is 0 Å². The Kier molecular flexibility index (Phi) is 16.6. The molecule has 202 valence electrons. The maximum Gasteiger partial charge on any atom is 0.305 e. The molecule has 0 saturated carbocycles. The summed E-state index contributed by atoms with van der Waals surface area (Å²) in [6, 6.07) is 0. The highest BCUT2D eigenvalue weighted by Gasteiger charge is 2.20. The van der Waals surface area contributed by atoms with E-state index in [1.165, 1.54) is 31.4 Å². The second-order valence-electron chi connectivity index (χ2n) is 9.58. The first-order chi connectivity index (χ1) is 17.1. The molecular formula is C25H44N2O6S2. The van der Waals surface area contributed by atoms with Crippen LogP contribution in [0.25, 0.3) is 0 Å². The number of carbonyl (C=O) groups is 3. The first kappa shape index (κ1) is 30.3. The summed E-state index contributed by atoms with van der Waals surface area (Å²) in [5.74, 6) is 2.65. The minimum Gasteiger partial charge on any atom is -0.481 e. The zero-order valence-electron chi connectivity index (χ0n) is 21.1. The number of carbonyl (C=O) groups excluding carboxylic acids is 2. The van der Waals surface area contributed by atoms with E-state index in [4.69, 9.17) is 14.6 Å². The molecule has 2 heterocycles. The lowest BCUT2D eigenvalue weighted by Gasteiger charge is -2.32. The highest BCUT2D eigenvalue weighted by atomic mass is 33.1. The summed E-state index contributed by atoms with van der Waals surface area (Å²) in [7, 11) is 3.97. The number of carboxylic acid groups (broad SMARTS) is 1. The molecule has 0 aromatic heterocycles. The standard InChI is InChI=1S/C25H44N2O6S2/c28-21-32-17-9-22-5-11-26(12-6-22)15-19-34-35-20-16-27-13-7-23(8-14-27)10-18-33-25(31)4-2-1-3-24(29)30/h21-23H,1-20H2,(H,29,30). The molecule has 0 bridgehead atoms. The molecule has 2 rings (SSSR count). The molecule has 0 aliphatic carbocycles. The van der Waals surface area contributed by atoms with Crippen molar-refractivity contribution in [3.8, 4) is 0 Å². The molecule has 0 spiro atoms. The predicted molar refractivity (Wildman–Crippen MR) is 142 cm³/mol. The molecule has 0 radical (unpaired) electrons. The molecule has 10 heteroatoms. The fourth-order valence-electron chi connectivity index (χ4n) is 4.69. The van der Waals surface area contributed by atoms with Gasteiger partial charge in [0.15, 0.2) is 0 Å². The van der Waals surface area contributed by atoms with Gasteiger partial charge in [-0.15, -0.1) is 0 Å². The molecule has 2 aliphatic rings. The number of nitrogens with zero attached hydrogens (tertiary/aromatic N) is 2. The average Bonchev–Trinajstić information content (AvgIpc) is 2.86. The normalized spacial score (nSPS) is 18.4. The van der Waals surface area contributed by atoms with E-state index >= 15 is 0 Å². The number of piperidine rings is 2. The number of rotatable bonds is 19. The van der Waals surface area contributed by atoms with E-state index in [9.17, 15) is 14.4 Å². The van der Waals surface area contributed by atoms with Crippen molar-refractivity contribution >= 4 is 40.0 Å². The summed E-state index contributed by atoms with van der Waals surface area (Å²) in [5, 5.41) is 8.61. The van der Waals surface area contributed by atoms with Crippen LogP contribution in [0, 0.1) is 11.8 Å². The SMILES string of the molecule is O=COCCC1CCN(CCSSCCN2CCC(CCOC(=O)CCCCC(=O)O)CC2)CC1. The minimum atomic E-state index is -0.815. The molecule has 0 aromatic carbocycles. The number of hydrogen-bond acceptors (Lipinski definition) is 9. The lowest BCUT2D eigenvalue weighted by molar-refractivity contribution is -0.144. The van der Waals surface area contributed by atoms with Crippen LogP contribution < -0.4 is 0 Å². The molecule has 0 aromatic rings. The summed E-state index contributed by atoms with van der Waals surface area (Å²) < 4.78 is 10.1. The van der Waals surface area contributed by atoms with E-state index in [1.807, 2.05) is 21.6 Å². The van der Waals surface area contributed by atoms with E-state index in [0.29, 0.717) is 50.8 Å². The van der Waals surface area contributed by atoms with Gasteiger partial charge in [0, 0.05) is 37.4 Å². The topological polar surface area (TPSA) is 96.4 Å². The van der Waals surface area contributed by atoms with Gasteiger partial charge in [-0.1, -0.05) is 21.6 Å². The van der Waals surface area contributed by atoms with E-state index in [-0.39, 0.29) is 12.4 Å². The van der Waals surface area contributed by atoms with E-state index < -0.39 is 5.97 Å². The molecule has 0 atom stereocenters. The van der Waals surface area contributed by atoms with Crippen molar-refractivity contribution in [3.63, 3.8) is 0 Å². The van der Waals surface area contributed by atoms with Gasteiger partial charge in [0.25, 0.3) is 6.47 Å². The van der Waals surface area contributed by atoms with Crippen LogP contribution in [0.4, 0.5) is 0 Å². The number of likely N-dealkylation sites (tertiary alicyclic amines) is 2. The summed E-state index contributed by atoms with van der Waals surface area (Å²) in [6.07, 6.45) is 8.25. The van der Waals surface area contributed by atoms with E-state index in [2.05, 4.69) is 9.80 Å². The third-order valence-electron chi connectivity index (χ3n) is 7.00. The van der Waals surface area contributed by atoms with Gasteiger partial charge in [-0.25, -0.2) is 0 Å². The zero-order valence-corrected chi connectivity index (χ0v) is 22.7. The summed E-state index contributed by atoms with van der Waals surface area (Å²) in [4.78, 5) is 37.5. The summed E-state index contributed by atoms with van der Waals surface area (Å²) in [6.45, 7) is 8.49. The highest BCUT2D eigenvalue weighted by Crippen LogP contribution is 2.25. The Hall–Kier alpha value is -0.970. The van der Waals surface area contributed by atoms with Gasteiger partial charge < -0.3 is 24.4 Å². The summed E-state index contributed by atoms with van der Waals surface area (Å²) in [5.41, 5.74) is 0. The maximum absolute atomic E-state index is 11.7. The molecule has 35 heavy (non-hydrogen) atoms. The molecule has 2 saturated heterocycles. The maximum atomic E-state index is 11.7. The van der Waals surface area contributed by atoms with Crippen molar-refractivity contribution in [2.24, 2.45) is 11.8 Å². The van der Waals surface area contributed by atoms with Crippen LogP contribution in [0.3, 0.4) is 0 Å². The van der Waals surface area contributed by atoms with Crippen LogP contribution in [0.2, 0.25) is 0 Å². The van der Waals surface area contributed by atoms with Crippen molar-refractivity contribution < 1.29 is 29.0 Å². The van der Waals surface area contributed by atoms with Crippen molar-refractivity contribution in [1.29, 1.82) is 0 Å². The molecule has 0 unspecified atom stereocenters. The van der Waals surface area contributed by atoms with Crippen LogP contribution in [-0.4, -0.2) is 97.3 Å². The number of ether oxygens (including phenoxy) is 2. The second kappa shape index (κ2) is 19.2. The van der Waals surface area contributed by atoms with Crippen molar-refractivity contribution in [2.45, 2.75) is 64.2 Å². The monoisotopic (exact) mass is 532 g/mol. The quantitative estimate of drug-likeness (QED) is 0.114. The number of unbranched alkanes of at least 4 members (excludes halogenated alkanes) is 1. The number of aliphatic carboxylic acids is 1. The van der Waals surface area contributed by atoms with Gasteiger partial charge in [-0.05, 0) is 89.4 Å². The number of carboxylic acids is 1. The van der Waals surface area contributed by atoms with Gasteiger partial charge in [0.05, 0.1) is 13.2 Å². The number of hydrogen-bond donors (Lipinski definition) is 1. The Bertz CT molecular complexity index is 597. The first-order valence-electron chi connectivity index (χ1n) is 13.2. The van der Waals surface area contributed by atoms with E-state index in [1.54, 1.807) is 0 Å². The molecule has 1 N–H and O–H groups in total. The molecule has 2 aliphatic heterocycles. The first-order valence-corrected chi connectivity index (χ1v) is 15.7. The Labute approximate surface area is 218 Å².